The van der Waals surface area contributed by atoms with E-state index in [-0.39, 0.29) is 0 Å². The van der Waals surface area contributed by atoms with Crippen LogP contribution in [-0.2, 0) is 0 Å². The molecule has 0 saturated carbocycles. The highest BCUT2D eigenvalue weighted by atomic mass is 15.3. The predicted octanol–water partition coefficient (Wildman–Crippen LogP) is 3.33. The van der Waals surface area contributed by atoms with Crippen molar-refractivity contribution in [3.8, 4) is 0 Å². The first-order valence-electron chi connectivity index (χ1n) is 6.75. The lowest BCUT2D eigenvalue weighted by atomic mass is 10.3. The first-order valence-corrected chi connectivity index (χ1v) is 6.75. The molecule has 4 rings (SSSR count). The third kappa shape index (κ3) is 1.90. The average Bonchev–Trinajstić information content (AvgIpc) is 2.91. The molecule has 21 heavy (non-hydrogen) atoms. The van der Waals surface area contributed by atoms with Crippen molar-refractivity contribution in [3.05, 3.63) is 60.4 Å². The normalized spacial score (nSPS) is 11.1. The van der Waals surface area contributed by atoms with Crippen LogP contribution in [0.25, 0.3) is 16.7 Å². The summed E-state index contributed by atoms with van der Waals surface area (Å²) in [5.74, 6) is 1.56. The van der Waals surface area contributed by atoms with Crippen LogP contribution in [0.15, 0.2) is 54.6 Å². The van der Waals surface area contributed by atoms with E-state index in [1.165, 1.54) is 0 Å². The van der Waals surface area contributed by atoms with E-state index in [9.17, 15) is 0 Å². The maximum absolute atomic E-state index is 4.68. The zero-order valence-electron chi connectivity index (χ0n) is 11.5. The fourth-order valence-electron chi connectivity index (χ4n) is 2.46. The lowest BCUT2D eigenvalue weighted by Crippen LogP contribution is -2.00. The van der Waals surface area contributed by atoms with Crippen molar-refractivity contribution >= 4 is 28.2 Å². The van der Waals surface area contributed by atoms with Crippen LogP contribution in [0.1, 0.15) is 5.82 Å². The number of hydrogen-bond acceptors (Lipinski definition) is 4. The van der Waals surface area contributed by atoms with Crippen LogP contribution in [0.4, 0.5) is 11.5 Å². The molecule has 0 aliphatic carbocycles. The van der Waals surface area contributed by atoms with Crippen LogP contribution in [0.3, 0.4) is 0 Å². The second-order valence-corrected chi connectivity index (χ2v) is 4.85. The summed E-state index contributed by atoms with van der Waals surface area (Å²) in [6.07, 6.45) is 0. The predicted molar refractivity (Wildman–Crippen MR) is 82.7 cm³/mol. The maximum atomic E-state index is 4.68. The zero-order chi connectivity index (χ0) is 14.2. The Morgan fingerprint density at radius 1 is 0.905 bits per heavy atom. The van der Waals surface area contributed by atoms with E-state index in [1.807, 2.05) is 65.9 Å². The van der Waals surface area contributed by atoms with Gasteiger partial charge >= 0.3 is 0 Å². The minimum Gasteiger partial charge on any atom is -0.337 e. The molecule has 102 valence electrons. The van der Waals surface area contributed by atoms with Gasteiger partial charge in [0.15, 0.2) is 5.82 Å². The molecule has 0 spiro atoms. The van der Waals surface area contributed by atoms with Crippen molar-refractivity contribution in [1.82, 2.24) is 19.6 Å². The molecular formula is C16H13N5. The number of hydrogen-bond donors (Lipinski definition) is 1. The maximum Gasteiger partial charge on any atom is 0.204 e. The Kier molecular flexibility index (Phi) is 2.57. The Hall–Kier alpha value is -2.95. The van der Waals surface area contributed by atoms with Crippen molar-refractivity contribution in [1.29, 1.82) is 0 Å². The van der Waals surface area contributed by atoms with Crippen LogP contribution in [0, 0.1) is 6.92 Å². The van der Waals surface area contributed by atoms with Gasteiger partial charge in [-0.2, -0.15) is 0 Å². The Labute approximate surface area is 121 Å². The summed E-state index contributed by atoms with van der Waals surface area (Å²) in [6.45, 7) is 1.94. The van der Waals surface area contributed by atoms with Gasteiger partial charge in [0.2, 0.25) is 5.65 Å². The highest BCUT2D eigenvalue weighted by Gasteiger charge is 2.12. The third-order valence-electron chi connectivity index (χ3n) is 3.43. The SMILES string of the molecule is Cc1nnc2c(Nc3ccccc3)nc3ccccc3n12. The molecule has 0 aliphatic heterocycles. The van der Waals surface area contributed by atoms with Crippen LogP contribution < -0.4 is 5.32 Å². The second kappa shape index (κ2) is 4.56. The number of nitrogens with zero attached hydrogens (tertiary/aromatic N) is 4. The van der Waals surface area contributed by atoms with E-state index in [2.05, 4.69) is 20.5 Å². The van der Waals surface area contributed by atoms with Crippen LogP contribution in [0.2, 0.25) is 0 Å². The Bertz CT molecular complexity index is 927. The quantitative estimate of drug-likeness (QED) is 0.609. The van der Waals surface area contributed by atoms with Crippen LogP contribution in [-0.4, -0.2) is 19.6 Å². The van der Waals surface area contributed by atoms with Gasteiger partial charge in [-0.25, -0.2) is 4.98 Å². The fraction of sp³-hybridized carbons (Fsp3) is 0.0625. The first kappa shape index (κ1) is 11.8. The van der Waals surface area contributed by atoms with Crippen LogP contribution in [0.5, 0.6) is 0 Å². The van der Waals surface area contributed by atoms with Gasteiger partial charge in [0.25, 0.3) is 0 Å². The standard InChI is InChI=1S/C16H13N5/c1-11-19-20-16-15(17-12-7-3-2-4-8-12)18-13-9-5-6-10-14(13)21(11)16/h2-10H,1H3,(H,17,18). The monoisotopic (exact) mass is 275 g/mol. The number of anilines is 2. The lowest BCUT2D eigenvalue weighted by molar-refractivity contribution is 1.02. The number of benzene rings is 2. The lowest BCUT2D eigenvalue weighted by Gasteiger charge is -2.09. The second-order valence-electron chi connectivity index (χ2n) is 4.85. The molecule has 5 nitrogen and oxygen atoms in total. The van der Waals surface area contributed by atoms with E-state index in [0.717, 1.165) is 28.2 Å². The fourth-order valence-corrected chi connectivity index (χ4v) is 2.46. The smallest absolute Gasteiger partial charge is 0.204 e. The molecule has 0 amide bonds. The summed E-state index contributed by atoms with van der Waals surface area (Å²) in [4.78, 5) is 4.68. The van der Waals surface area contributed by atoms with Crippen LogP contribution >= 0.6 is 0 Å². The minimum absolute atomic E-state index is 0.709. The number of nitrogens with one attached hydrogen (secondary N) is 1. The van der Waals surface area contributed by atoms with Gasteiger partial charge in [0, 0.05) is 5.69 Å². The van der Waals surface area contributed by atoms with E-state index in [1.54, 1.807) is 0 Å². The number of fused-ring (bicyclic) bond motifs is 3. The van der Waals surface area contributed by atoms with Gasteiger partial charge in [0.1, 0.15) is 5.82 Å². The average molecular weight is 275 g/mol. The molecule has 0 bridgehead atoms. The van der Waals surface area contributed by atoms with E-state index in [4.69, 9.17) is 0 Å². The molecule has 4 aromatic rings. The number of aromatic nitrogens is 4. The van der Waals surface area contributed by atoms with E-state index in [0.29, 0.717) is 5.82 Å². The molecule has 0 unspecified atom stereocenters. The number of rotatable bonds is 2. The molecule has 5 heteroatoms. The molecule has 1 N–H and O–H groups in total. The molecule has 2 heterocycles. The molecule has 0 aliphatic rings. The Balaban J connectivity index is 1.99. The van der Waals surface area contributed by atoms with Crippen molar-refractivity contribution in [3.63, 3.8) is 0 Å². The summed E-state index contributed by atoms with van der Waals surface area (Å²) in [6, 6.07) is 17.9. The molecule has 0 atom stereocenters. The van der Waals surface area contributed by atoms with Gasteiger partial charge in [0.05, 0.1) is 11.0 Å². The Morgan fingerprint density at radius 3 is 2.52 bits per heavy atom. The van der Waals surface area contributed by atoms with E-state index >= 15 is 0 Å². The summed E-state index contributed by atoms with van der Waals surface area (Å²) < 4.78 is 2.02. The summed E-state index contributed by atoms with van der Waals surface area (Å²) in [7, 11) is 0. The van der Waals surface area contributed by atoms with Gasteiger partial charge in [-0.05, 0) is 31.2 Å². The molecular weight excluding hydrogens is 262 g/mol. The number of para-hydroxylation sites is 3. The van der Waals surface area contributed by atoms with Crippen molar-refractivity contribution in [2.24, 2.45) is 0 Å². The molecule has 0 saturated heterocycles. The third-order valence-corrected chi connectivity index (χ3v) is 3.43. The minimum atomic E-state index is 0.709. The van der Waals surface area contributed by atoms with Crippen molar-refractivity contribution < 1.29 is 0 Å². The zero-order valence-corrected chi connectivity index (χ0v) is 11.5. The largest absolute Gasteiger partial charge is 0.337 e. The summed E-state index contributed by atoms with van der Waals surface area (Å²) in [5, 5.41) is 11.8. The molecule has 2 aromatic heterocycles. The van der Waals surface area contributed by atoms with Gasteiger partial charge in [-0.15, -0.1) is 10.2 Å². The van der Waals surface area contributed by atoms with Crippen molar-refractivity contribution in [2.75, 3.05) is 5.32 Å². The number of aryl methyl sites for hydroxylation is 1. The molecule has 0 fully saturated rings. The summed E-state index contributed by atoms with van der Waals surface area (Å²) >= 11 is 0. The Morgan fingerprint density at radius 2 is 1.67 bits per heavy atom. The summed E-state index contributed by atoms with van der Waals surface area (Å²) in [5.41, 5.74) is 3.62. The molecule has 2 aromatic carbocycles. The van der Waals surface area contributed by atoms with Gasteiger partial charge < -0.3 is 5.32 Å². The first-order chi connectivity index (χ1) is 10.3. The van der Waals surface area contributed by atoms with Gasteiger partial charge in [-0.3, -0.25) is 4.40 Å². The highest BCUT2D eigenvalue weighted by Crippen LogP contribution is 2.24. The van der Waals surface area contributed by atoms with E-state index < -0.39 is 0 Å². The topological polar surface area (TPSA) is 55.1 Å². The highest BCUT2D eigenvalue weighted by molar-refractivity contribution is 5.84. The van der Waals surface area contributed by atoms with Gasteiger partial charge in [-0.1, -0.05) is 30.3 Å². The van der Waals surface area contributed by atoms with Crippen molar-refractivity contribution in [2.45, 2.75) is 6.92 Å². The molecule has 0 radical (unpaired) electrons.